The predicted molar refractivity (Wildman–Crippen MR) is 74.8 cm³/mol. The Balaban J connectivity index is 1.83. The number of rotatable bonds is 3. The highest BCUT2D eigenvalue weighted by atomic mass is 19.4. The Labute approximate surface area is 130 Å². The molecule has 3 rings (SSSR count). The van der Waals surface area contributed by atoms with Gasteiger partial charge in [-0.25, -0.2) is 4.98 Å². The highest BCUT2D eigenvalue weighted by molar-refractivity contribution is 5.55. The number of aromatic nitrogens is 4. The minimum Gasteiger partial charge on any atom is -0.251 e. The van der Waals surface area contributed by atoms with Crippen molar-refractivity contribution in [3.63, 3.8) is 0 Å². The van der Waals surface area contributed by atoms with Crippen molar-refractivity contribution in [2.75, 3.05) is 0 Å². The Hall–Kier alpha value is -1.99. The first kappa shape index (κ1) is 15.9. The van der Waals surface area contributed by atoms with Crippen molar-refractivity contribution in [2.24, 2.45) is 5.41 Å². The van der Waals surface area contributed by atoms with Crippen LogP contribution in [0.4, 0.5) is 17.6 Å². The van der Waals surface area contributed by atoms with Gasteiger partial charge in [0.2, 0.25) is 5.95 Å². The zero-order valence-electron chi connectivity index (χ0n) is 12.4. The van der Waals surface area contributed by atoms with E-state index in [4.69, 9.17) is 0 Å². The minimum atomic E-state index is -4.27. The van der Waals surface area contributed by atoms with Gasteiger partial charge in [-0.3, -0.25) is 4.68 Å². The number of hydrogen-bond acceptors (Lipinski definition) is 3. The maximum atomic E-state index is 13.5. The lowest BCUT2D eigenvalue weighted by atomic mass is 9.73. The first-order chi connectivity index (χ1) is 10.9. The second-order valence-electron chi connectivity index (χ2n) is 6.01. The molecule has 0 aromatic carbocycles. The van der Waals surface area contributed by atoms with Crippen molar-refractivity contribution in [3.05, 3.63) is 30.5 Å². The van der Waals surface area contributed by atoms with Crippen LogP contribution in [0.25, 0.3) is 11.3 Å². The number of halogens is 4. The Morgan fingerprint density at radius 2 is 1.87 bits per heavy atom. The van der Waals surface area contributed by atoms with Crippen LogP contribution in [0.1, 0.15) is 32.1 Å². The van der Waals surface area contributed by atoms with Crippen LogP contribution < -0.4 is 0 Å². The first-order valence-corrected chi connectivity index (χ1v) is 7.48. The molecule has 1 fully saturated rings. The number of pyridine rings is 1. The first-order valence-electron chi connectivity index (χ1n) is 7.48. The van der Waals surface area contributed by atoms with Crippen LogP contribution in [0.5, 0.6) is 0 Å². The van der Waals surface area contributed by atoms with E-state index in [9.17, 15) is 17.6 Å². The minimum absolute atomic E-state index is 0.115. The molecule has 0 radical (unpaired) electrons. The Bertz CT molecular complexity index is 657. The quantitative estimate of drug-likeness (QED) is 0.632. The molecule has 0 atom stereocenters. The van der Waals surface area contributed by atoms with Crippen molar-refractivity contribution >= 4 is 0 Å². The van der Waals surface area contributed by atoms with E-state index in [1.54, 1.807) is 0 Å². The van der Waals surface area contributed by atoms with E-state index in [-0.39, 0.29) is 19.4 Å². The normalized spacial score (nSPS) is 18.1. The molecule has 0 unspecified atom stereocenters. The smallest absolute Gasteiger partial charge is 0.251 e. The van der Waals surface area contributed by atoms with Crippen LogP contribution in [0.15, 0.2) is 24.5 Å². The van der Waals surface area contributed by atoms with Crippen molar-refractivity contribution in [2.45, 2.75) is 44.8 Å². The van der Waals surface area contributed by atoms with Gasteiger partial charge in [0.1, 0.15) is 5.69 Å². The van der Waals surface area contributed by atoms with E-state index < -0.39 is 17.5 Å². The molecule has 2 aromatic rings. The highest BCUT2D eigenvalue weighted by Crippen LogP contribution is 2.50. The summed E-state index contributed by atoms with van der Waals surface area (Å²) in [6.45, 7) is -0.238. The Morgan fingerprint density at radius 3 is 2.48 bits per heavy atom. The Kier molecular flexibility index (Phi) is 4.08. The SMILES string of the molecule is Fc1ccc(-c2cn(CC3(C(F)(F)F)CCCCC3)nn2)cn1. The molecule has 2 aromatic heterocycles. The third-order valence-electron chi connectivity index (χ3n) is 4.44. The summed E-state index contributed by atoms with van der Waals surface area (Å²) in [7, 11) is 0. The van der Waals surface area contributed by atoms with Crippen molar-refractivity contribution < 1.29 is 17.6 Å². The number of alkyl halides is 3. The van der Waals surface area contributed by atoms with Gasteiger partial charge in [0.15, 0.2) is 0 Å². The summed E-state index contributed by atoms with van der Waals surface area (Å²) in [6.07, 6.45) is 0.680. The molecule has 8 heteroatoms. The monoisotopic (exact) mass is 328 g/mol. The molecule has 0 N–H and O–H groups in total. The summed E-state index contributed by atoms with van der Waals surface area (Å²) < 4.78 is 54.7. The molecule has 0 bridgehead atoms. The van der Waals surface area contributed by atoms with Gasteiger partial charge in [-0.1, -0.05) is 24.5 Å². The summed E-state index contributed by atoms with van der Waals surface area (Å²) in [5, 5.41) is 7.69. The molecule has 1 saturated carbocycles. The average Bonchev–Trinajstić information content (AvgIpc) is 2.96. The standard InChI is InChI=1S/C15H16F4N4/c16-13-5-4-11(8-20-13)12-9-23(22-21-12)10-14(15(17,18)19)6-2-1-3-7-14/h4-5,8-9H,1-3,6-7,10H2. The fourth-order valence-corrected chi connectivity index (χ4v) is 3.11. The molecule has 2 heterocycles. The van der Waals surface area contributed by atoms with Gasteiger partial charge >= 0.3 is 6.18 Å². The molecule has 23 heavy (non-hydrogen) atoms. The summed E-state index contributed by atoms with van der Waals surface area (Å²) in [5.74, 6) is -0.626. The molecule has 0 aliphatic heterocycles. The van der Waals surface area contributed by atoms with Gasteiger partial charge in [-0.15, -0.1) is 5.10 Å². The molecule has 1 aliphatic carbocycles. The van der Waals surface area contributed by atoms with Crippen LogP contribution in [0.3, 0.4) is 0 Å². The third kappa shape index (κ3) is 3.20. The lowest BCUT2D eigenvalue weighted by Crippen LogP contribution is -2.43. The molecule has 4 nitrogen and oxygen atoms in total. The van der Waals surface area contributed by atoms with Crippen molar-refractivity contribution in [1.82, 2.24) is 20.0 Å². The molecule has 0 amide bonds. The Morgan fingerprint density at radius 1 is 1.13 bits per heavy atom. The van der Waals surface area contributed by atoms with E-state index in [1.165, 1.54) is 29.2 Å². The molecule has 124 valence electrons. The van der Waals surface area contributed by atoms with Crippen molar-refractivity contribution in [1.29, 1.82) is 0 Å². The summed E-state index contributed by atoms with van der Waals surface area (Å²) in [4.78, 5) is 3.51. The van der Waals surface area contributed by atoms with Crippen LogP contribution in [0, 0.1) is 11.4 Å². The van der Waals surface area contributed by atoms with E-state index in [1.807, 2.05) is 0 Å². The number of hydrogen-bond donors (Lipinski definition) is 0. The van der Waals surface area contributed by atoms with Crippen LogP contribution in [-0.4, -0.2) is 26.2 Å². The van der Waals surface area contributed by atoms with Gasteiger partial charge in [0.25, 0.3) is 0 Å². The predicted octanol–water partition coefficient (Wildman–Crippen LogP) is 3.99. The van der Waals surface area contributed by atoms with Crippen molar-refractivity contribution in [3.8, 4) is 11.3 Å². The van der Waals surface area contributed by atoms with E-state index >= 15 is 0 Å². The number of nitrogens with zero attached hydrogens (tertiary/aromatic N) is 4. The molecule has 0 spiro atoms. The maximum Gasteiger partial charge on any atom is 0.396 e. The molecular formula is C15H16F4N4. The topological polar surface area (TPSA) is 43.6 Å². The zero-order valence-corrected chi connectivity index (χ0v) is 12.4. The molecule has 0 saturated heterocycles. The lowest BCUT2D eigenvalue weighted by Gasteiger charge is -2.38. The zero-order chi connectivity index (χ0) is 16.5. The average molecular weight is 328 g/mol. The van der Waals surface area contributed by atoms with Gasteiger partial charge in [-0.05, 0) is 25.0 Å². The lowest BCUT2D eigenvalue weighted by molar-refractivity contribution is -0.240. The highest BCUT2D eigenvalue weighted by Gasteiger charge is 2.54. The van der Waals surface area contributed by atoms with Gasteiger partial charge < -0.3 is 0 Å². The maximum absolute atomic E-state index is 13.5. The summed E-state index contributed by atoms with van der Waals surface area (Å²) >= 11 is 0. The molecular weight excluding hydrogens is 312 g/mol. The van der Waals surface area contributed by atoms with Gasteiger partial charge in [0.05, 0.1) is 18.2 Å². The summed E-state index contributed by atoms with van der Waals surface area (Å²) in [6, 6.07) is 2.64. The van der Waals surface area contributed by atoms with Crippen LogP contribution in [-0.2, 0) is 6.54 Å². The van der Waals surface area contributed by atoms with E-state index in [2.05, 4.69) is 15.3 Å². The molecule has 1 aliphatic rings. The van der Waals surface area contributed by atoms with Gasteiger partial charge in [0, 0.05) is 11.8 Å². The third-order valence-corrected chi connectivity index (χ3v) is 4.44. The fourth-order valence-electron chi connectivity index (χ4n) is 3.11. The van der Waals surface area contributed by atoms with E-state index in [0.717, 1.165) is 6.42 Å². The van der Waals surface area contributed by atoms with Gasteiger partial charge in [-0.2, -0.15) is 17.6 Å². The van der Waals surface area contributed by atoms with E-state index in [0.29, 0.717) is 24.1 Å². The summed E-state index contributed by atoms with van der Waals surface area (Å²) in [5.41, 5.74) is -0.843. The van der Waals surface area contributed by atoms with Crippen LogP contribution in [0.2, 0.25) is 0 Å². The second-order valence-corrected chi connectivity index (χ2v) is 6.01. The van der Waals surface area contributed by atoms with Crippen LogP contribution >= 0.6 is 0 Å². The fraction of sp³-hybridized carbons (Fsp3) is 0.533. The second kappa shape index (κ2) is 5.90. The largest absolute Gasteiger partial charge is 0.396 e.